The minimum absolute atomic E-state index is 0.156. The molecule has 1 atom stereocenters. The number of aliphatic hydroxyl groups is 1. The monoisotopic (exact) mass is 462 g/mol. The summed E-state index contributed by atoms with van der Waals surface area (Å²) in [5.41, 5.74) is 7.25. The van der Waals surface area contributed by atoms with Gasteiger partial charge in [0.05, 0.1) is 6.04 Å². The molecule has 0 bridgehead atoms. The number of rotatable bonds is 10. The number of aliphatic hydroxyl groups excluding tert-OH is 1. The number of aldehydes is 1. The molecule has 184 valence electrons. The number of hydrogen-bond acceptors (Lipinski definition) is 7. The highest BCUT2D eigenvalue weighted by Crippen LogP contribution is 2.29. The molecule has 0 aliphatic carbocycles. The van der Waals surface area contributed by atoms with Crippen LogP contribution in [0.15, 0.2) is 30.5 Å². The van der Waals surface area contributed by atoms with Gasteiger partial charge in [-0.25, -0.2) is 4.79 Å². The third kappa shape index (κ3) is 8.18. The zero-order valence-electron chi connectivity index (χ0n) is 20.4. The largest absolute Gasteiger partial charge is 0.444 e. The van der Waals surface area contributed by atoms with Gasteiger partial charge in [0.15, 0.2) is 0 Å². The fourth-order valence-corrected chi connectivity index (χ4v) is 3.45. The quantitative estimate of drug-likeness (QED) is 0.454. The van der Waals surface area contributed by atoms with Crippen LogP contribution in [0.1, 0.15) is 55.1 Å². The molecule has 9 nitrogen and oxygen atoms in total. The standard InChI is InChI=1S/C23H33N3O5.CH5N/c1-16(9-11-24-22(30)31-23(2,3)4)25(5)13-17-7-6-8-19-20(17)14-26(21(19)29)18(15-28)10-12-27;1-2/h6-8,15,18,27H,1,9-14H2,2-5H3,(H,24,30);2H2,1H3. The molecule has 0 radical (unpaired) electrons. The lowest BCUT2D eigenvalue weighted by Gasteiger charge is -2.24. The maximum Gasteiger partial charge on any atom is 0.407 e. The number of carbonyl (C=O) groups excluding carboxylic acids is 3. The van der Waals surface area contributed by atoms with E-state index in [4.69, 9.17) is 4.74 Å². The highest BCUT2D eigenvalue weighted by molar-refractivity contribution is 6.00. The Morgan fingerprint density at radius 2 is 2.06 bits per heavy atom. The molecular formula is C24H38N4O5. The fraction of sp³-hybridized carbons (Fsp3) is 0.542. The third-order valence-corrected chi connectivity index (χ3v) is 5.10. The summed E-state index contributed by atoms with van der Waals surface area (Å²) in [6, 6.07) is 4.92. The zero-order valence-corrected chi connectivity index (χ0v) is 20.4. The van der Waals surface area contributed by atoms with E-state index in [-0.39, 0.29) is 18.9 Å². The summed E-state index contributed by atoms with van der Waals surface area (Å²) in [5.74, 6) is -0.189. The van der Waals surface area contributed by atoms with Crippen molar-refractivity contribution >= 4 is 18.3 Å². The van der Waals surface area contributed by atoms with Crippen LogP contribution in [0, 0.1) is 0 Å². The lowest BCUT2D eigenvalue weighted by atomic mass is 10.0. The number of carbonyl (C=O) groups is 3. The van der Waals surface area contributed by atoms with Crippen LogP contribution in [0.5, 0.6) is 0 Å². The zero-order chi connectivity index (χ0) is 25.2. The lowest BCUT2D eigenvalue weighted by Crippen LogP contribution is -2.37. The Kier molecular flexibility index (Phi) is 11.0. The van der Waals surface area contributed by atoms with Gasteiger partial charge < -0.3 is 35.5 Å². The molecule has 4 N–H and O–H groups in total. The van der Waals surface area contributed by atoms with E-state index in [9.17, 15) is 19.5 Å². The first-order valence-electron chi connectivity index (χ1n) is 11.0. The normalized spacial score (nSPS) is 13.4. The molecule has 0 fully saturated rings. The summed E-state index contributed by atoms with van der Waals surface area (Å²) in [5, 5.41) is 11.9. The van der Waals surface area contributed by atoms with Gasteiger partial charge in [-0.2, -0.15) is 0 Å². The van der Waals surface area contributed by atoms with Crippen LogP contribution in [0.3, 0.4) is 0 Å². The van der Waals surface area contributed by atoms with Crippen LogP contribution < -0.4 is 11.1 Å². The van der Waals surface area contributed by atoms with E-state index in [0.717, 1.165) is 16.8 Å². The van der Waals surface area contributed by atoms with Crippen molar-refractivity contribution in [1.29, 1.82) is 0 Å². The summed E-state index contributed by atoms with van der Waals surface area (Å²) in [6.45, 7) is 10.7. The molecule has 0 spiro atoms. The van der Waals surface area contributed by atoms with Crippen molar-refractivity contribution in [1.82, 2.24) is 15.1 Å². The average Bonchev–Trinajstić information content (AvgIpc) is 3.09. The van der Waals surface area contributed by atoms with Crippen LogP contribution >= 0.6 is 0 Å². The fourth-order valence-electron chi connectivity index (χ4n) is 3.45. The van der Waals surface area contributed by atoms with Gasteiger partial charge in [-0.1, -0.05) is 18.7 Å². The van der Waals surface area contributed by atoms with Crippen LogP contribution in [0.4, 0.5) is 4.79 Å². The predicted octanol–water partition coefficient (Wildman–Crippen LogP) is 2.03. The maximum atomic E-state index is 12.8. The number of benzene rings is 1. The Hall–Kier alpha value is -2.91. The number of fused-ring (bicyclic) bond motifs is 1. The molecule has 1 aliphatic heterocycles. The highest BCUT2D eigenvalue weighted by Gasteiger charge is 2.33. The Morgan fingerprint density at radius 1 is 1.39 bits per heavy atom. The van der Waals surface area contributed by atoms with Crippen molar-refractivity contribution in [2.75, 3.05) is 27.2 Å². The molecule has 33 heavy (non-hydrogen) atoms. The Balaban J connectivity index is 0.00000265. The van der Waals surface area contributed by atoms with Gasteiger partial charge in [0.2, 0.25) is 0 Å². The van der Waals surface area contributed by atoms with E-state index in [2.05, 4.69) is 17.6 Å². The number of nitrogens with one attached hydrogen (secondary N) is 1. The number of alkyl carbamates (subject to hydrolysis) is 1. The Bertz CT molecular complexity index is 835. The minimum Gasteiger partial charge on any atom is -0.444 e. The smallest absolute Gasteiger partial charge is 0.407 e. The van der Waals surface area contributed by atoms with E-state index < -0.39 is 17.7 Å². The van der Waals surface area contributed by atoms with Gasteiger partial charge >= 0.3 is 6.09 Å². The van der Waals surface area contributed by atoms with Crippen molar-refractivity contribution in [2.24, 2.45) is 5.73 Å². The lowest BCUT2D eigenvalue weighted by molar-refractivity contribution is -0.112. The molecule has 2 rings (SSSR count). The molecule has 1 aromatic rings. The first-order chi connectivity index (χ1) is 15.6. The molecule has 1 unspecified atom stereocenters. The summed E-state index contributed by atoms with van der Waals surface area (Å²) < 4.78 is 5.22. The molecule has 0 saturated heterocycles. The van der Waals surface area contributed by atoms with E-state index in [1.807, 2.05) is 44.9 Å². The number of ether oxygens (including phenoxy) is 1. The van der Waals surface area contributed by atoms with Crippen molar-refractivity contribution in [3.8, 4) is 0 Å². The average molecular weight is 463 g/mol. The topological polar surface area (TPSA) is 125 Å². The van der Waals surface area contributed by atoms with Gasteiger partial charge in [-0.05, 0) is 51.4 Å². The molecular weight excluding hydrogens is 424 g/mol. The Morgan fingerprint density at radius 3 is 2.64 bits per heavy atom. The molecule has 1 aromatic carbocycles. The first kappa shape index (κ1) is 28.1. The van der Waals surface area contributed by atoms with Crippen molar-refractivity contribution < 1.29 is 24.2 Å². The summed E-state index contributed by atoms with van der Waals surface area (Å²) in [7, 11) is 3.41. The van der Waals surface area contributed by atoms with E-state index in [0.29, 0.717) is 37.9 Å². The van der Waals surface area contributed by atoms with Crippen molar-refractivity contribution in [2.45, 2.75) is 58.3 Å². The second-order valence-electron chi connectivity index (χ2n) is 8.69. The van der Waals surface area contributed by atoms with Crippen LogP contribution in [0.2, 0.25) is 0 Å². The number of hydrogen-bond donors (Lipinski definition) is 3. The number of amides is 2. The molecule has 2 amide bonds. The third-order valence-electron chi connectivity index (χ3n) is 5.10. The van der Waals surface area contributed by atoms with Gasteiger partial charge in [0.1, 0.15) is 11.9 Å². The molecule has 0 saturated carbocycles. The van der Waals surface area contributed by atoms with Crippen molar-refractivity contribution in [3.63, 3.8) is 0 Å². The molecule has 1 heterocycles. The van der Waals surface area contributed by atoms with E-state index in [1.165, 1.54) is 11.9 Å². The number of nitrogens with zero attached hydrogens (tertiary/aromatic N) is 2. The molecule has 0 aromatic heterocycles. The van der Waals surface area contributed by atoms with Crippen LogP contribution in [0.25, 0.3) is 0 Å². The van der Waals surface area contributed by atoms with E-state index >= 15 is 0 Å². The minimum atomic E-state index is -0.635. The summed E-state index contributed by atoms with van der Waals surface area (Å²) in [6.07, 6.45) is 1.03. The van der Waals surface area contributed by atoms with Gasteiger partial charge in [0.25, 0.3) is 5.91 Å². The maximum absolute atomic E-state index is 12.8. The van der Waals surface area contributed by atoms with Crippen molar-refractivity contribution in [3.05, 3.63) is 47.2 Å². The number of nitrogens with two attached hydrogens (primary N) is 1. The predicted molar refractivity (Wildman–Crippen MR) is 127 cm³/mol. The van der Waals surface area contributed by atoms with Crippen LogP contribution in [-0.2, 0) is 22.6 Å². The summed E-state index contributed by atoms with van der Waals surface area (Å²) in [4.78, 5) is 39.4. The van der Waals surface area contributed by atoms with Gasteiger partial charge in [-0.15, -0.1) is 0 Å². The van der Waals surface area contributed by atoms with Crippen LogP contribution in [-0.4, -0.2) is 72.1 Å². The SMILES string of the molecule is C=C(CCNC(=O)OC(C)(C)C)N(C)Cc1cccc2c1CN(C(C=O)CCO)C2=O.CN. The second-order valence-corrected chi connectivity index (χ2v) is 8.69. The molecule has 1 aliphatic rings. The first-order valence-corrected chi connectivity index (χ1v) is 11.0. The molecule has 9 heteroatoms. The Labute approximate surface area is 196 Å². The summed E-state index contributed by atoms with van der Waals surface area (Å²) >= 11 is 0. The highest BCUT2D eigenvalue weighted by atomic mass is 16.6. The van der Waals surface area contributed by atoms with Gasteiger partial charge in [0, 0.05) is 51.0 Å². The second kappa shape index (κ2) is 13.0. The van der Waals surface area contributed by atoms with Gasteiger partial charge in [-0.3, -0.25) is 4.79 Å². The van der Waals surface area contributed by atoms with E-state index in [1.54, 1.807) is 6.07 Å².